The van der Waals surface area contributed by atoms with Crippen molar-refractivity contribution in [3.05, 3.63) is 60.8 Å². The second-order valence-corrected chi connectivity index (χ2v) is 4.48. The summed E-state index contributed by atoms with van der Waals surface area (Å²) in [6, 6.07) is 9.08. The molecule has 1 unspecified atom stereocenters. The topological polar surface area (TPSA) is 116 Å². The number of hydrogen-bond acceptors (Lipinski definition) is 7. The fraction of sp³-hybridized carbons (Fsp3) is 0.0667. The van der Waals surface area contributed by atoms with Crippen LogP contribution in [0, 0.1) is 0 Å². The van der Waals surface area contributed by atoms with E-state index in [0.29, 0.717) is 5.65 Å². The molecular weight excluding hydrogens is 296 g/mol. The van der Waals surface area contributed by atoms with E-state index in [-0.39, 0.29) is 11.9 Å². The summed E-state index contributed by atoms with van der Waals surface area (Å²) in [6.07, 6.45) is 5.66. The van der Waals surface area contributed by atoms with Gasteiger partial charge in [0.15, 0.2) is 5.65 Å². The van der Waals surface area contributed by atoms with Crippen molar-refractivity contribution in [2.24, 2.45) is 10.7 Å². The molecular formula is C15H12N6O2. The molecule has 0 bridgehead atoms. The van der Waals surface area contributed by atoms with Gasteiger partial charge >= 0.3 is 0 Å². The monoisotopic (exact) mass is 308 g/mol. The Balaban J connectivity index is 0.000000140. The van der Waals surface area contributed by atoms with Gasteiger partial charge in [-0.25, -0.2) is 19.9 Å². The van der Waals surface area contributed by atoms with Crippen LogP contribution in [0.4, 0.5) is 0 Å². The normalized spacial score (nSPS) is 16.3. The van der Waals surface area contributed by atoms with E-state index >= 15 is 0 Å². The number of hydrogen-bond donors (Lipinski definition) is 1. The maximum atomic E-state index is 11.2. The summed E-state index contributed by atoms with van der Waals surface area (Å²) in [5, 5.41) is 0. The smallest absolute Gasteiger partial charge is 0.296 e. The number of aliphatic imine (C=N–C) groups is 1. The molecule has 1 aliphatic heterocycles. The van der Waals surface area contributed by atoms with E-state index in [9.17, 15) is 4.79 Å². The average Bonchev–Trinajstić information content (AvgIpc) is 2.95. The molecule has 4 rings (SSSR count). The molecule has 114 valence electrons. The van der Waals surface area contributed by atoms with Crippen molar-refractivity contribution in [2.45, 2.75) is 6.10 Å². The molecule has 1 aromatic carbocycles. The summed E-state index contributed by atoms with van der Waals surface area (Å²) >= 11 is 0. The van der Waals surface area contributed by atoms with Crippen molar-refractivity contribution < 1.29 is 9.53 Å². The Bertz CT molecular complexity index is 787. The fourth-order valence-electron chi connectivity index (χ4n) is 1.93. The first kappa shape index (κ1) is 14.5. The van der Waals surface area contributed by atoms with Crippen molar-refractivity contribution in [1.29, 1.82) is 0 Å². The fourth-order valence-corrected chi connectivity index (χ4v) is 1.93. The third-order valence-corrected chi connectivity index (χ3v) is 2.94. The van der Waals surface area contributed by atoms with Gasteiger partial charge in [-0.05, 0) is 0 Å². The van der Waals surface area contributed by atoms with E-state index in [0.717, 1.165) is 11.1 Å². The Morgan fingerprint density at radius 1 is 1.04 bits per heavy atom. The van der Waals surface area contributed by atoms with Gasteiger partial charge < -0.3 is 10.5 Å². The molecule has 0 spiro atoms. The molecule has 3 heterocycles. The summed E-state index contributed by atoms with van der Waals surface area (Å²) in [6.45, 7) is 0. The lowest BCUT2D eigenvalue weighted by Gasteiger charge is -2.07. The van der Waals surface area contributed by atoms with Gasteiger partial charge in [0.1, 0.15) is 11.8 Å². The zero-order chi connectivity index (χ0) is 16.1. The predicted octanol–water partition coefficient (Wildman–Crippen LogP) is 1.02. The van der Waals surface area contributed by atoms with Crippen LogP contribution in [0.2, 0.25) is 0 Å². The zero-order valence-corrected chi connectivity index (χ0v) is 11.9. The lowest BCUT2D eigenvalue weighted by atomic mass is 10.1. The number of ether oxygens (including phenoxy) is 1. The molecule has 0 aliphatic carbocycles. The molecule has 1 amide bonds. The first-order valence-corrected chi connectivity index (χ1v) is 6.70. The summed E-state index contributed by atoms with van der Waals surface area (Å²) < 4.78 is 5.04. The van der Waals surface area contributed by atoms with E-state index in [1.165, 1.54) is 6.33 Å². The van der Waals surface area contributed by atoms with E-state index in [4.69, 9.17) is 10.5 Å². The molecule has 3 aromatic rings. The number of nitrogens with two attached hydrogens (primary N) is 1. The number of amides is 1. The van der Waals surface area contributed by atoms with Crippen LogP contribution in [0.3, 0.4) is 0 Å². The highest BCUT2D eigenvalue weighted by molar-refractivity contribution is 5.98. The second kappa shape index (κ2) is 6.56. The van der Waals surface area contributed by atoms with Crippen molar-refractivity contribution in [3.63, 3.8) is 0 Å². The number of rotatable bonds is 1. The minimum absolute atomic E-state index is 0.0566. The number of carbonyl (C=O) groups is 1. The van der Waals surface area contributed by atoms with Crippen molar-refractivity contribution >= 4 is 23.1 Å². The van der Waals surface area contributed by atoms with Gasteiger partial charge in [-0.1, -0.05) is 30.3 Å². The number of nitrogens with zero attached hydrogens (tertiary/aromatic N) is 5. The van der Waals surface area contributed by atoms with Crippen LogP contribution in [-0.2, 0) is 9.53 Å². The van der Waals surface area contributed by atoms with Crippen LogP contribution < -0.4 is 5.73 Å². The first-order chi connectivity index (χ1) is 11.2. The molecule has 2 N–H and O–H groups in total. The minimum atomic E-state index is -0.652. The number of benzene rings is 1. The molecule has 0 saturated heterocycles. The molecule has 1 atom stereocenters. The number of amidine groups is 1. The summed E-state index contributed by atoms with van der Waals surface area (Å²) in [7, 11) is 0. The number of aromatic nitrogens is 4. The maximum absolute atomic E-state index is 11.2. The Labute approximate surface area is 131 Å². The molecule has 0 fully saturated rings. The molecule has 0 saturated carbocycles. The summed E-state index contributed by atoms with van der Waals surface area (Å²) in [5.74, 6) is -0.344. The quantitative estimate of drug-likeness (QED) is 0.713. The van der Waals surface area contributed by atoms with E-state index in [1.807, 2.05) is 18.2 Å². The van der Waals surface area contributed by atoms with Crippen LogP contribution in [0.25, 0.3) is 11.2 Å². The molecule has 8 nitrogen and oxygen atoms in total. The first-order valence-electron chi connectivity index (χ1n) is 6.70. The third kappa shape index (κ3) is 3.43. The van der Waals surface area contributed by atoms with E-state index < -0.39 is 6.10 Å². The van der Waals surface area contributed by atoms with Crippen LogP contribution in [0.1, 0.15) is 11.7 Å². The lowest BCUT2D eigenvalue weighted by Crippen LogP contribution is -2.13. The molecule has 23 heavy (non-hydrogen) atoms. The van der Waals surface area contributed by atoms with Crippen LogP contribution in [-0.4, -0.2) is 31.9 Å². The third-order valence-electron chi connectivity index (χ3n) is 2.94. The Morgan fingerprint density at radius 2 is 1.83 bits per heavy atom. The highest BCUT2D eigenvalue weighted by Gasteiger charge is 2.28. The Hall–Kier alpha value is -3.42. The Morgan fingerprint density at radius 3 is 2.52 bits per heavy atom. The molecule has 0 radical (unpaired) electrons. The predicted molar refractivity (Wildman–Crippen MR) is 82.0 cm³/mol. The lowest BCUT2D eigenvalue weighted by molar-refractivity contribution is -0.122. The van der Waals surface area contributed by atoms with Crippen LogP contribution in [0.15, 0.2) is 60.2 Å². The molecule has 8 heteroatoms. The molecule has 1 aliphatic rings. The largest absolute Gasteiger partial charge is 0.447 e. The SMILES string of the molecule is NC1=NC(=O)C(c2ccccc2)O1.c1cnc2ncncc2n1. The highest BCUT2D eigenvalue weighted by atomic mass is 16.5. The highest BCUT2D eigenvalue weighted by Crippen LogP contribution is 2.22. The van der Waals surface area contributed by atoms with Gasteiger partial charge in [0.2, 0.25) is 6.10 Å². The number of carbonyl (C=O) groups excluding carboxylic acids is 1. The summed E-state index contributed by atoms with van der Waals surface area (Å²) in [5.41, 5.74) is 7.40. The van der Waals surface area contributed by atoms with Crippen molar-refractivity contribution in [1.82, 2.24) is 19.9 Å². The summed E-state index contributed by atoms with van der Waals surface area (Å²) in [4.78, 5) is 30.3. The zero-order valence-electron chi connectivity index (χ0n) is 11.9. The van der Waals surface area contributed by atoms with Gasteiger partial charge in [-0.3, -0.25) is 4.79 Å². The van der Waals surface area contributed by atoms with Gasteiger partial charge in [0, 0.05) is 18.0 Å². The van der Waals surface area contributed by atoms with Gasteiger partial charge in [-0.2, -0.15) is 4.99 Å². The van der Waals surface area contributed by atoms with Gasteiger partial charge in [0.05, 0.1) is 6.20 Å². The standard InChI is InChI=1S/C9H8N2O2.C6H4N4/c10-9-11-8(12)7(13-9)6-4-2-1-3-5-6;1-2-9-6-5(8-1)3-7-4-10-6/h1-5,7H,(H2,10,11,12);1-4H. The van der Waals surface area contributed by atoms with E-state index in [1.54, 1.807) is 30.7 Å². The Kier molecular flexibility index (Phi) is 4.14. The average molecular weight is 308 g/mol. The molecule has 2 aromatic heterocycles. The maximum Gasteiger partial charge on any atom is 0.296 e. The van der Waals surface area contributed by atoms with Gasteiger partial charge in [0.25, 0.3) is 11.9 Å². The minimum Gasteiger partial charge on any atom is -0.447 e. The van der Waals surface area contributed by atoms with Crippen molar-refractivity contribution in [2.75, 3.05) is 0 Å². The second-order valence-electron chi connectivity index (χ2n) is 4.48. The van der Waals surface area contributed by atoms with Crippen LogP contribution >= 0.6 is 0 Å². The van der Waals surface area contributed by atoms with Gasteiger partial charge in [-0.15, -0.1) is 0 Å². The van der Waals surface area contributed by atoms with Crippen molar-refractivity contribution in [3.8, 4) is 0 Å². The van der Waals surface area contributed by atoms with Crippen LogP contribution in [0.5, 0.6) is 0 Å². The van der Waals surface area contributed by atoms with E-state index in [2.05, 4.69) is 24.9 Å². The number of fused-ring (bicyclic) bond motifs is 1.